The van der Waals surface area contributed by atoms with E-state index in [1.165, 1.54) is 11.1 Å². The van der Waals surface area contributed by atoms with Gasteiger partial charge in [0.2, 0.25) is 0 Å². The van der Waals surface area contributed by atoms with Crippen molar-refractivity contribution in [2.24, 2.45) is 0 Å². The summed E-state index contributed by atoms with van der Waals surface area (Å²) in [4.78, 5) is 0. The van der Waals surface area contributed by atoms with E-state index in [2.05, 4.69) is 24.3 Å². The van der Waals surface area contributed by atoms with Gasteiger partial charge in [-0.1, -0.05) is 54.1 Å². The summed E-state index contributed by atoms with van der Waals surface area (Å²) in [5, 5.41) is 0.893. The van der Waals surface area contributed by atoms with Gasteiger partial charge in [0.05, 0.1) is 5.38 Å². The van der Waals surface area contributed by atoms with Gasteiger partial charge in [0.1, 0.15) is 0 Å². The van der Waals surface area contributed by atoms with E-state index in [9.17, 15) is 0 Å². The van der Waals surface area contributed by atoms with E-state index >= 15 is 0 Å². The number of aryl methyl sites for hydroxylation is 2. The fourth-order valence-corrected chi connectivity index (χ4v) is 2.37. The molecule has 0 spiro atoms. The first-order valence-electron chi connectivity index (χ1n) is 6.11. The molecular formula is C16H16Cl2. The first-order valence-corrected chi connectivity index (χ1v) is 6.92. The Morgan fingerprint density at radius 2 is 1.78 bits per heavy atom. The van der Waals surface area contributed by atoms with Gasteiger partial charge in [0, 0.05) is 5.02 Å². The molecule has 1 atom stereocenters. The Morgan fingerprint density at radius 3 is 2.44 bits per heavy atom. The van der Waals surface area contributed by atoms with Gasteiger partial charge < -0.3 is 0 Å². The third-order valence-electron chi connectivity index (χ3n) is 3.08. The summed E-state index contributed by atoms with van der Waals surface area (Å²) in [5.74, 6) is 0. The first-order chi connectivity index (χ1) is 8.66. The number of hydrogen-bond acceptors (Lipinski definition) is 0. The van der Waals surface area contributed by atoms with Crippen molar-refractivity contribution >= 4 is 23.2 Å². The lowest BCUT2D eigenvalue weighted by molar-refractivity contribution is 0.793. The van der Waals surface area contributed by atoms with Crippen LogP contribution in [-0.2, 0) is 6.42 Å². The van der Waals surface area contributed by atoms with Crippen LogP contribution >= 0.6 is 23.2 Å². The Bertz CT molecular complexity index is 506. The molecule has 18 heavy (non-hydrogen) atoms. The highest BCUT2D eigenvalue weighted by molar-refractivity contribution is 6.31. The zero-order valence-electron chi connectivity index (χ0n) is 10.4. The van der Waals surface area contributed by atoms with Crippen LogP contribution in [0, 0.1) is 6.92 Å². The molecule has 1 unspecified atom stereocenters. The van der Waals surface area contributed by atoms with Crippen LogP contribution in [-0.4, -0.2) is 0 Å². The number of hydrogen-bond donors (Lipinski definition) is 0. The maximum atomic E-state index is 6.39. The number of halogens is 2. The van der Waals surface area contributed by atoms with Crippen molar-refractivity contribution in [3.8, 4) is 0 Å². The predicted octanol–water partition coefficient (Wildman–Crippen LogP) is 5.56. The van der Waals surface area contributed by atoms with E-state index in [0.717, 1.165) is 23.4 Å². The number of benzene rings is 2. The molecule has 0 aliphatic heterocycles. The fraction of sp³-hybridized carbons (Fsp3) is 0.250. The SMILES string of the molecule is Cc1ccc(CCC(Cl)c2ccccc2)cc1Cl. The summed E-state index contributed by atoms with van der Waals surface area (Å²) < 4.78 is 0. The average molecular weight is 279 g/mol. The van der Waals surface area contributed by atoms with Gasteiger partial charge in [-0.3, -0.25) is 0 Å². The second-order valence-electron chi connectivity index (χ2n) is 4.50. The molecule has 0 aromatic heterocycles. The molecular weight excluding hydrogens is 263 g/mol. The maximum absolute atomic E-state index is 6.39. The van der Waals surface area contributed by atoms with Gasteiger partial charge >= 0.3 is 0 Å². The molecule has 0 aliphatic carbocycles. The summed E-state index contributed by atoms with van der Waals surface area (Å²) in [6.45, 7) is 2.01. The van der Waals surface area contributed by atoms with Crippen molar-refractivity contribution in [1.29, 1.82) is 0 Å². The van der Waals surface area contributed by atoms with Gasteiger partial charge in [-0.25, -0.2) is 0 Å². The topological polar surface area (TPSA) is 0 Å². The van der Waals surface area contributed by atoms with Gasteiger partial charge in [-0.2, -0.15) is 0 Å². The van der Waals surface area contributed by atoms with Crippen molar-refractivity contribution in [1.82, 2.24) is 0 Å². The highest BCUT2D eigenvalue weighted by Crippen LogP contribution is 2.26. The van der Waals surface area contributed by atoms with Crippen LogP contribution in [0.5, 0.6) is 0 Å². The molecule has 2 heteroatoms. The van der Waals surface area contributed by atoms with Crippen molar-refractivity contribution in [3.05, 3.63) is 70.2 Å². The molecule has 0 aliphatic rings. The van der Waals surface area contributed by atoms with Crippen LogP contribution < -0.4 is 0 Å². The Morgan fingerprint density at radius 1 is 1.06 bits per heavy atom. The second-order valence-corrected chi connectivity index (χ2v) is 5.43. The highest BCUT2D eigenvalue weighted by Gasteiger charge is 2.07. The lowest BCUT2D eigenvalue weighted by Crippen LogP contribution is -1.94. The molecule has 2 aromatic rings. The Kier molecular flexibility index (Phi) is 4.68. The van der Waals surface area contributed by atoms with Crippen molar-refractivity contribution < 1.29 is 0 Å². The predicted molar refractivity (Wildman–Crippen MR) is 79.5 cm³/mol. The summed E-state index contributed by atoms with van der Waals surface area (Å²) in [6, 6.07) is 16.4. The molecule has 0 saturated carbocycles. The molecule has 0 N–H and O–H groups in total. The summed E-state index contributed by atoms with van der Waals surface area (Å²) in [6.07, 6.45) is 1.87. The standard InChI is InChI=1S/C16H16Cl2/c1-12-7-8-13(11-16(12)18)9-10-15(17)14-5-3-2-4-6-14/h2-8,11,15H,9-10H2,1H3. The summed E-state index contributed by atoms with van der Waals surface area (Å²) in [5.41, 5.74) is 3.54. The lowest BCUT2D eigenvalue weighted by Gasteiger charge is -2.10. The fourth-order valence-electron chi connectivity index (χ4n) is 1.91. The minimum atomic E-state index is 0.0614. The zero-order chi connectivity index (χ0) is 13.0. The molecule has 0 bridgehead atoms. The molecule has 0 amide bonds. The van der Waals surface area contributed by atoms with Gasteiger partial charge in [0.25, 0.3) is 0 Å². The third kappa shape index (κ3) is 3.51. The molecule has 0 nitrogen and oxygen atoms in total. The highest BCUT2D eigenvalue weighted by atomic mass is 35.5. The first kappa shape index (κ1) is 13.5. The average Bonchev–Trinajstić information content (AvgIpc) is 2.41. The third-order valence-corrected chi connectivity index (χ3v) is 3.96. The van der Waals surface area contributed by atoms with Gasteiger partial charge in [-0.05, 0) is 42.5 Å². The van der Waals surface area contributed by atoms with E-state index in [1.54, 1.807) is 0 Å². The molecule has 2 aromatic carbocycles. The van der Waals surface area contributed by atoms with Crippen molar-refractivity contribution in [3.63, 3.8) is 0 Å². The van der Waals surface area contributed by atoms with Crippen LogP contribution in [0.1, 0.15) is 28.5 Å². The molecule has 0 heterocycles. The van der Waals surface area contributed by atoms with Crippen LogP contribution in [0.15, 0.2) is 48.5 Å². The van der Waals surface area contributed by atoms with E-state index < -0.39 is 0 Å². The smallest absolute Gasteiger partial charge is 0.0588 e. The molecule has 94 valence electrons. The summed E-state index contributed by atoms with van der Waals surface area (Å²) >= 11 is 12.5. The largest absolute Gasteiger partial charge is 0.118 e. The zero-order valence-corrected chi connectivity index (χ0v) is 11.9. The minimum absolute atomic E-state index is 0.0614. The number of alkyl halides is 1. The van der Waals surface area contributed by atoms with Gasteiger partial charge in [-0.15, -0.1) is 11.6 Å². The van der Waals surface area contributed by atoms with Crippen LogP contribution in [0.2, 0.25) is 5.02 Å². The van der Waals surface area contributed by atoms with E-state index in [0.29, 0.717) is 0 Å². The van der Waals surface area contributed by atoms with Crippen LogP contribution in [0.25, 0.3) is 0 Å². The van der Waals surface area contributed by atoms with Gasteiger partial charge in [0.15, 0.2) is 0 Å². The Labute approximate surface area is 119 Å². The van der Waals surface area contributed by atoms with Crippen LogP contribution in [0.3, 0.4) is 0 Å². The van der Waals surface area contributed by atoms with E-state index in [4.69, 9.17) is 23.2 Å². The van der Waals surface area contributed by atoms with Crippen molar-refractivity contribution in [2.75, 3.05) is 0 Å². The van der Waals surface area contributed by atoms with Crippen LogP contribution in [0.4, 0.5) is 0 Å². The van der Waals surface area contributed by atoms with Crippen molar-refractivity contribution in [2.45, 2.75) is 25.1 Å². The quantitative estimate of drug-likeness (QED) is 0.642. The van der Waals surface area contributed by atoms with E-state index in [1.807, 2.05) is 31.2 Å². The molecule has 0 saturated heterocycles. The second kappa shape index (κ2) is 6.26. The normalized spacial score (nSPS) is 12.4. The molecule has 0 radical (unpaired) electrons. The molecule has 2 rings (SSSR count). The lowest BCUT2D eigenvalue weighted by atomic mass is 10.0. The Balaban J connectivity index is 1.97. The Hall–Kier alpha value is -0.980. The minimum Gasteiger partial charge on any atom is -0.118 e. The molecule has 0 fully saturated rings. The number of rotatable bonds is 4. The summed E-state index contributed by atoms with van der Waals surface area (Å²) in [7, 11) is 0. The maximum Gasteiger partial charge on any atom is 0.0588 e. The monoisotopic (exact) mass is 278 g/mol. The van der Waals surface area contributed by atoms with E-state index in [-0.39, 0.29) is 5.38 Å².